The fourth-order valence-corrected chi connectivity index (χ4v) is 3.87. The number of likely N-dealkylation sites (tertiary alicyclic amines) is 1. The second-order valence-electron chi connectivity index (χ2n) is 6.01. The zero-order chi connectivity index (χ0) is 17.8. The molecule has 0 spiro atoms. The fraction of sp³-hybridized carbons (Fsp3) is 0.412. The third-order valence-electron chi connectivity index (χ3n) is 4.27. The van der Waals surface area contributed by atoms with Gasteiger partial charge < -0.3 is 9.47 Å². The molecule has 2 aromatic rings. The van der Waals surface area contributed by atoms with Crippen molar-refractivity contribution in [2.75, 3.05) is 13.1 Å². The number of thiazole rings is 1. The van der Waals surface area contributed by atoms with Crippen LogP contribution < -0.4 is 4.80 Å². The van der Waals surface area contributed by atoms with E-state index in [1.165, 1.54) is 17.4 Å². The number of nitro benzene ring substituents is 1. The minimum absolute atomic E-state index is 0.00256. The van der Waals surface area contributed by atoms with Gasteiger partial charge in [0.25, 0.3) is 5.69 Å². The van der Waals surface area contributed by atoms with Crippen LogP contribution in [0.3, 0.4) is 0 Å². The number of para-hydroxylation sites is 2. The van der Waals surface area contributed by atoms with Gasteiger partial charge in [-0.15, -0.1) is 11.3 Å². The van der Waals surface area contributed by atoms with Crippen LogP contribution in [0, 0.1) is 17.0 Å². The first-order valence-corrected chi connectivity index (χ1v) is 9.15. The monoisotopic (exact) mass is 360 g/mol. The molecule has 1 aliphatic heterocycles. The molecule has 0 saturated carbocycles. The number of carbonyl (C=O) groups excluding carboxylic acids is 1. The molecule has 132 valence electrons. The highest BCUT2D eigenvalue weighted by Crippen LogP contribution is 2.25. The van der Waals surface area contributed by atoms with E-state index in [0.29, 0.717) is 12.1 Å². The Bertz CT molecular complexity index is 856. The Balaban J connectivity index is 1.80. The largest absolute Gasteiger partial charge is 0.343 e. The number of amides is 1. The highest BCUT2D eigenvalue weighted by atomic mass is 32.1. The molecule has 1 saturated heterocycles. The Morgan fingerprint density at radius 3 is 2.84 bits per heavy atom. The van der Waals surface area contributed by atoms with Crippen molar-refractivity contribution in [2.24, 2.45) is 4.99 Å². The van der Waals surface area contributed by atoms with E-state index in [1.807, 2.05) is 17.2 Å². The Kier molecular flexibility index (Phi) is 5.28. The third-order valence-corrected chi connectivity index (χ3v) is 5.25. The van der Waals surface area contributed by atoms with Gasteiger partial charge in [-0.1, -0.05) is 12.1 Å². The van der Waals surface area contributed by atoms with Crippen LogP contribution in [-0.4, -0.2) is 33.4 Å². The SMILES string of the molecule is Cc1csc(=Nc2ccccc2[N+](=O)[O-])n1CCCN1CCCC1=O. The highest BCUT2D eigenvalue weighted by Gasteiger charge is 2.19. The molecule has 1 fully saturated rings. The molecule has 25 heavy (non-hydrogen) atoms. The summed E-state index contributed by atoms with van der Waals surface area (Å²) in [6, 6.07) is 6.50. The van der Waals surface area contributed by atoms with Crippen LogP contribution in [0.25, 0.3) is 0 Å². The normalized spacial score (nSPS) is 15.2. The standard InChI is InChI=1S/C17H20N4O3S/c1-13-12-25-17(18-14-6-2-3-7-15(14)21(23)24)20(13)11-5-10-19-9-4-8-16(19)22/h2-3,6-7,12H,4-5,8-11H2,1H3. The summed E-state index contributed by atoms with van der Waals surface area (Å²) in [5.41, 5.74) is 1.43. The Morgan fingerprint density at radius 2 is 2.12 bits per heavy atom. The maximum Gasteiger partial charge on any atom is 0.294 e. The summed E-state index contributed by atoms with van der Waals surface area (Å²) in [4.78, 5) is 29.6. The topological polar surface area (TPSA) is 80.7 Å². The first-order valence-electron chi connectivity index (χ1n) is 8.27. The van der Waals surface area contributed by atoms with Gasteiger partial charge in [0.2, 0.25) is 5.91 Å². The molecule has 0 unspecified atom stereocenters. The van der Waals surface area contributed by atoms with Crippen molar-refractivity contribution in [1.82, 2.24) is 9.47 Å². The van der Waals surface area contributed by atoms with Gasteiger partial charge in [-0.05, 0) is 25.8 Å². The number of rotatable bonds is 6. The van der Waals surface area contributed by atoms with Gasteiger partial charge in [0.15, 0.2) is 4.80 Å². The van der Waals surface area contributed by atoms with Crippen LogP contribution >= 0.6 is 11.3 Å². The summed E-state index contributed by atoms with van der Waals surface area (Å²) in [6.07, 6.45) is 2.44. The van der Waals surface area contributed by atoms with Crippen molar-refractivity contribution in [1.29, 1.82) is 0 Å². The minimum Gasteiger partial charge on any atom is -0.343 e. The molecule has 0 atom stereocenters. The number of nitrogens with zero attached hydrogens (tertiary/aromatic N) is 4. The minimum atomic E-state index is -0.414. The fourth-order valence-electron chi connectivity index (χ4n) is 2.95. The van der Waals surface area contributed by atoms with Gasteiger partial charge in [0.1, 0.15) is 5.69 Å². The van der Waals surface area contributed by atoms with Gasteiger partial charge in [0.05, 0.1) is 4.92 Å². The summed E-state index contributed by atoms with van der Waals surface area (Å²) in [6.45, 7) is 4.32. The molecule has 1 aromatic carbocycles. The third kappa shape index (κ3) is 3.96. The summed E-state index contributed by atoms with van der Waals surface area (Å²) < 4.78 is 2.06. The second kappa shape index (κ2) is 7.60. The van der Waals surface area contributed by atoms with Crippen LogP contribution in [0.5, 0.6) is 0 Å². The lowest BCUT2D eigenvalue weighted by atomic mass is 10.3. The van der Waals surface area contributed by atoms with Crippen molar-refractivity contribution in [3.63, 3.8) is 0 Å². The molecule has 8 heteroatoms. The summed E-state index contributed by atoms with van der Waals surface area (Å²) in [5.74, 6) is 0.233. The molecule has 7 nitrogen and oxygen atoms in total. The second-order valence-corrected chi connectivity index (χ2v) is 6.84. The number of nitro groups is 1. The van der Waals surface area contributed by atoms with Gasteiger partial charge in [-0.3, -0.25) is 14.9 Å². The van der Waals surface area contributed by atoms with Crippen LogP contribution in [0.4, 0.5) is 11.4 Å². The van der Waals surface area contributed by atoms with E-state index < -0.39 is 4.92 Å². The van der Waals surface area contributed by atoms with Crippen LogP contribution in [0.15, 0.2) is 34.6 Å². The van der Waals surface area contributed by atoms with Crippen molar-refractivity contribution in [2.45, 2.75) is 32.7 Å². The van der Waals surface area contributed by atoms with E-state index in [9.17, 15) is 14.9 Å². The zero-order valence-corrected chi connectivity index (χ0v) is 14.9. The quantitative estimate of drug-likeness (QED) is 0.586. The summed E-state index contributed by atoms with van der Waals surface area (Å²) in [5, 5.41) is 13.2. The molecule has 1 amide bonds. The van der Waals surface area contributed by atoms with Gasteiger partial charge in [-0.25, -0.2) is 4.99 Å². The smallest absolute Gasteiger partial charge is 0.294 e. The maximum atomic E-state index is 11.7. The maximum absolute atomic E-state index is 11.7. The predicted molar refractivity (Wildman–Crippen MR) is 95.8 cm³/mol. The number of carbonyl (C=O) groups is 1. The lowest BCUT2D eigenvalue weighted by Crippen LogP contribution is -2.27. The Labute approximate surface area is 149 Å². The number of aromatic nitrogens is 1. The molecular weight excluding hydrogens is 340 g/mol. The van der Waals surface area contributed by atoms with Gasteiger partial charge in [-0.2, -0.15) is 0 Å². The first kappa shape index (κ1) is 17.3. The molecule has 1 aliphatic rings. The molecule has 2 heterocycles. The summed E-state index contributed by atoms with van der Waals surface area (Å²) in [7, 11) is 0. The van der Waals surface area contributed by atoms with Crippen molar-refractivity contribution in [3.8, 4) is 0 Å². The molecule has 0 N–H and O–H groups in total. The number of aryl methyl sites for hydroxylation is 1. The molecule has 0 bridgehead atoms. The van der Waals surface area contributed by atoms with E-state index in [4.69, 9.17) is 0 Å². The molecule has 0 radical (unpaired) electrons. The van der Waals surface area contributed by atoms with Crippen LogP contribution in [0.2, 0.25) is 0 Å². The average molecular weight is 360 g/mol. The highest BCUT2D eigenvalue weighted by molar-refractivity contribution is 7.07. The van der Waals surface area contributed by atoms with Gasteiger partial charge >= 0.3 is 0 Å². The van der Waals surface area contributed by atoms with Crippen LogP contribution in [-0.2, 0) is 11.3 Å². The van der Waals surface area contributed by atoms with Gasteiger partial charge in [0, 0.05) is 43.2 Å². The molecule has 0 aliphatic carbocycles. The van der Waals surface area contributed by atoms with Crippen LogP contribution in [0.1, 0.15) is 25.0 Å². The molecule has 3 rings (SSSR count). The van der Waals surface area contributed by atoms with Crippen molar-refractivity contribution in [3.05, 3.63) is 50.3 Å². The lowest BCUT2D eigenvalue weighted by Gasteiger charge is -2.15. The number of hydrogen-bond acceptors (Lipinski definition) is 5. The Morgan fingerprint density at radius 1 is 1.32 bits per heavy atom. The average Bonchev–Trinajstić information content (AvgIpc) is 3.15. The molecule has 1 aromatic heterocycles. The van der Waals surface area contributed by atoms with E-state index in [-0.39, 0.29) is 11.6 Å². The number of hydrogen-bond donors (Lipinski definition) is 0. The number of benzene rings is 1. The zero-order valence-electron chi connectivity index (χ0n) is 14.1. The Hall–Kier alpha value is -2.48. The first-order chi connectivity index (χ1) is 12.1. The van der Waals surface area contributed by atoms with E-state index >= 15 is 0 Å². The van der Waals surface area contributed by atoms with Crippen molar-refractivity contribution < 1.29 is 9.72 Å². The molecular formula is C17H20N4O3S. The van der Waals surface area contributed by atoms with E-state index in [0.717, 1.165) is 43.0 Å². The lowest BCUT2D eigenvalue weighted by molar-refractivity contribution is -0.384. The van der Waals surface area contributed by atoms with E-state index in [2.05, 4.69) is 9.56 Å². The van der Waals surface area contributed by atoms with Crippen molar-refractivity contribution >= 4 is 28.6 Å². The summed E-state index contributed by atoms with van der Waals surface area (Å²) >= 11 is 1.47. The predicted octanol–water partition coefficient (Wildman–Crippen LogP) is 3.01. The van der Waals surface area contributed by atoms with E-state index in [1.54, 1.807) is 18.2 Å².